The molecule has 0 spiro atoms. The van der Waals surface area contributed by atoms with Gasteiger partial charge in [0.25, 0.3) is 0 Å². The molecule has 6 heteroatoms. The van der Waals surface area contributed by atoms with Gasteiger partial charge in [0.15, 0.2) is 5.57 Å². The van der Waals surface area contributed by atoms with Crippen LogP contribution in [0, 0.1) is 0 Å². The van der Waals surface area contributed by atoms with Gasteiger partial charge in [-0.3, -0.25) is 4.98 Å². The summed E-state index contributed by atoms with van der Waals surface area (Å²) in [5, 5.41) is 19.4. The molecule has 0 aliphatic rings. The minimum atomic E-state index is -1.44. The van der Waals surface area contributed by atoms with Gasteiger partial charge in [-0.15, -0.1) is 0 Å². The monoisotopic (exact) mass is 314 g/mol. The van der Waals surface area contributed by atoms with E-state index >= 15 is 0 Å². The van der Waals surface area contributed by atoms with Gasteiger partial charge in [-0.2, -0.15) is 0 Å². The molecule has 0 fully saturated rings. The van der Waals surface area contributed by atoms with Crippen LogP contribution in [0.15, 0.2) is 47.8 Å². The standard InChI is InChI=1S/C17H18N2O4/c1-3-12(14(16(20)21)17(22)23)19(4-2)13-9-5-7-11-8-6-10-18-15(11)13/h5-10H,3-4H2,1-2H3,(H,20,21)(H,22,23). The van der Waals surface area contributed by atoms with E-state index in [-0.39, 0.29) is 12.1 Å². The number of allylic oxidation sites excluding steroid dienone is 1. The van der Waals surface area contributed by atoms with E-state index in [1.165, 1.54) is 0 Å². The molecule has 0 aliphatic heterocycles. The largest absolute Gasteiger partial charge is 0.477 e. The molecule has 120 valence electrons. The molecule has 2 aromatic rings. The van der Waals surface area contributed by atoms with E-state index in [1.807, 2.05) is 37.3 Å². The van der Waals surface area contributed by atoms with Crippen LogP contribution in [0.25, 0.3) is 10.9 Å². The fourth-order valence-corrected chi connectivity index (χ4v) is 2.65. The van der Waals surface area contributed by atoms with Crippen molar-refractivity contribution in [3.05, 3.63) is 47.8 Å². The highest BCUT2D eigenvalue weighted by Gasteiger charge is 2.25. The lowest BCUT2D eigenvalue weighted by atomic mass is 10.1. The maximum absolute atomic E-state index is 11.4. The van der Waals surface area contributed by atoms with Crippen molar-refractivity contribution >= 4 is 28.5 Å². The lowest BCUT2D eigenvalue weighted by molar-refractivity contribution is -0.140. The minimum Gasteiger partial charge on any atom is -0.477 e. The molecule has 2 N–H and O–H groups in total. The van der Waals surface area contributed by atoms with E-state index in [0.717, 1.165) is 5.39 Å². The number of rotatable bonds is 6. The summed E-state index contributed by atoms with van der Waals surface area (Å²) in [5.41, 5.74) is 1.05. The van der Waals surface area contributed by atoms with Crippen molar-refractivity contribution in [1.29, 1.82) is 0 Å². The molecule has 0 atom stereocenters. The molecule has 0 bridgehead atoms. The van der Waals surface area contributed by atoms with Crippen molar-refractivity contribution in [2.24, 2.45) is 0 Å². The number of anilines is 1. The normalized spacial score (nSPS) is 10.3. The van der Waals surface area contributed by atoms with Crippen molar-refractivity contribution < 1.29 is 19.8 Å². The molecule has 6 nitrogen and oxygen atoms in total. The Balaban J connectivity index is 2.72. The first-order valence-corrected chi connectivity index (χ1v) is 7.32. The number of carboxylic acids is 2. The van der Waals surface area contributed by atoms with Gasteiger partial charge in [0.2, 0.25) is 0 Å². The van der Waals surface area contributed by atoms with Crippen LogP contribution in [0.3, 0.4) is 0 Å². The zero-order valence-corrected chi connectivity index (χ0v) is 13.0. The van der Waals surface area contributed by atoms with Crippen molar-refractivity contribution in [1.82, 2.24) is 4.98 Å². The van der Waals surface area contributed by atoms with Crippen LogP contribution in [0.1, 0.15) is 20.3 Å². The van der Waals surface area contributed by atoms with Crippen molar-refractivity contribution in [2.45, 2.75) is 20.3 Å². The average Bonchev–Trinajstić information content (AvgIpc) is 2.53. The molecule has 1 heterocycles. The van der Waals surface area contributed by atoms with Gasteiger partial charge in [-0.1, -0.05) is 25.1 Å². The molecule has 1 aromatic heterocycles. The Labute approximate surface area is 133 Å². The van der Waals surface area contributed by atoms with Gasteiger partial charge in [-0.25, -0.2) is 9.59 Å². The Kier molecular flexibility index (Phi) is 4.95. The Morgan fingerprint density at radius 3 is 2.30 bits per heavy atom. The van der Waals surface area contributed by atoms with E-state index in [1.54, 1.807) is 18.0 Å². The molecule has 23 heavy (non-hydrogen) atoms. The third kappa shape index (κ3) is 3.15. The minimum absolute atomic E-state index is 0.255. The molecule has 0 saturated heterocycles. The number of aromatic nitrogens is 1. The molecular weight excluding hydrogens is 296 g/mol. The lowest BCUT2D eigenvalue weighted by Crippen LogP contribution is -2.28. The molecule has 0 saturated carbocycles. The summed E-state index contributed by atoms with van der Waals surface area (Å²) < 4.78 is 0. The number of benzene rings is 1. The third-order valence-corrected chi connectivity index (χ3v) is 3.60. The Bertz CT molecular complexity index is 762. The maximum Gasteiger partial charge on any atom is 0.344 e. The SMILES string of the molecule is CCC(=C(C(=O)O)C(=O)O)N(CC)c1cccc2cccnc12. The summed E-state index contributed by atoms with van der Waals surface area (Å²) in [7, 11) is 0. The highest BCUT2D eigenvalue weighted by Crippen LogP contribution is 2.29. The first kappa shape index (κ1) is 16.5. The molecule has 0 amide bonds. The molecule has 0 aliphatic carbocycles. The predicted octanol–water partition coefficient (Wildman–Crippen LogP) is 2.89. The van der Waals surface area contributed by atoms with Crippen LogP contribution in [-0.4, -0.2) is 33.7 Å². The number of para-hydroxylation sites is 1. The number of pyridine rings is 1. The van der Waals surface area contributed by atoms with E-state index in [2.05, 4.69) is 4.98 Å². The Morgan fingerprint density at radius 2 is 1.74 bits per heavy atom. The zero-order valence-electron chi connectivity index (χ0n) is 13.0. The van der Waals surface area contributed by atoms with Gasteiger partial charge < -0.3 is 15.1 Å². The number of hydrogen-bond donors (Lipinski definition) is 2. The number of fused-ring (bicyclic) bond motifs is 1. The van der Waals surface area contributed by atoms with E-state index < -0.39 is 17.5 Å². The van der Waals surface area contributed by atoms with Crippen LogP contribution in [0.5, 0.6) is 0 Å². The van der Waals surface area contributed by atoms with E-state index in [4.69, 9.17) is 0 Å². The molecule has 0 radical (unpaired) electrons. The number of nitrogens with zero attached hydrogens (tertiary/aromatic N) is 2. The summed E-state index contributed by atoms with van der Waals surface area (Å²) in [4.78, 5) is 28.8. The highest BCUT2D eigenvalue weighted by molar-refractivity contribution is 6.13. The molecular formula is C17H18N2O4. The quantitative estimate of drug-likeness (QED) is 0.484. The van der Waals surface area contributed by atoms with Crippen LogP contribution in [-0.2, 0) is 9.59 Å². The van der Waals surface area contributed by atoms with Crippen LogP contribution < -0.4 is 4.90 Å². The average molecular weight is 314 g/mol. The van der Waals surface area contributed by atoms with Gasteiger partial charge in [0, 0.05) is 23.8 Å². The van der Waals surface area contributed by atoms with Gasteiger partial charge in [0.05, 0.1) is 11.2 Å². The number of carboxylic acid groups (broad SMARTS) is 2. The first-order valence-electron chi connectivity index (χ1n) is 7.32. The smallest absolute Gasteiger partial charge is 0.344 e. The second kappa shape index (κ2) is 6.91. The zero-order chi connectivity index (χ0) is 17.0. The Hall–Kier alpha value is -2.89. The van der Waals surface area contributed by atoms with Crippen molar-refractivity contribution in [2.75, 3.05) is 11.4 Å². The van der Waals surface area contributed by atoms with Crippen LogP contribution >= 0.6 is 0 Å². The summed E-state index contributed by atoms with van der Waals surface area (Å²) in [5.74, 6) is -2.89. The predicted molar refractivity (Wildman–Crippen MR) is 87.4 cm³/mol. The highest BCUT2D eigenvalue weighted by atomic mass is 16.4. The number of aliphatic carboxylic acids is 2. The first-order chi connectivity index (χ1) is 11.0. The van der Waals surface area contributed by atoms with Crippen molar-refractivity contribution in [3.8, 4) is 0 Å². The molecule has 0 unspecified atom stereocenters. The second-order valence-electron chi connectivity index (χ2n) is 4.88. The number of hydrogen-bond acceptors (Lipinski definition) is 4. The Morgan fingerprint density at radius 1 is 1.09 bits per heavy atom. The summed E-state index contributed by atoms with van der Waals surface area (Å²) >= 11 is 0. The van der Waals surface area contributed by atoms with Crippen LogP contribution in [0.2, 0.25) is 0 Å². The van der Waals surface area contributed by atoms with Crippen LogP contribution in [0.4, 0.5) is 5.69 Å². The van der Waals surface area contributed by atoms with Gasteiger partial charge in [0.1, 0.15) is 0 Å². The molecule has 1 aromatic carbocycles. The summed E-state index contributed by atoms with van der Waals surface area (Å²) in [6.07, 6.45) is 1.94. The molecule has 2 rings (SSSR count). The second-order valence-corrected chi connectivity index (χ2v) is 4.88. The van der Waals surface area contributed by atoms with Gasteiger partial charge >= 0.3 is 11.9 Å². The lowest BCUT2D eigenvalue weighted by Gasteiger charge is -2.27. The maximum atomic E-state index is 11.4. The fraction of sp³-hybridized carbons (Fsp3) is 0.235. The summed E-state index contributed by atoms with van der Waals surface area (Å²) in [6, 6.07) is 9.29. The van der Waals surface area contributed by atoms with E-state index in [0.29, 0.717) is 17.7 Å². The van der Waals surface area contributed by atoms with E-state index in [9.17, 15) is 19.8 Å². The number of carbonyl (C=O) groups is 2. The topological polar surface area (TPSA) is 90.7 Å². The third-order valence-electron chi connectivity index (χ3n) is 3.60. The fourth-order valence-electron chi connectivity index (χ4n) is 2.65. The summed E-state index contributed by atoms with van der Waals surface area (Å²) in [6.45, 7) is 4.02. The van der Waals surface area contributed by atoms with Gasteiger partial charge in [-0.05, 0) is 25.5 Å². The van der Waals surface area contributed by atoms with Crippen molar-refractivity contribution in [3.63, 3.8) is 0 Å².